The summed E-state index contributed by atoms with van der Waals surface area (Å²) in [7, 11) is -3.68. The van der Waals surface area contributed by atoms with E-state index in [-0.39, 0.29) is 18.2 Å². The van der Waals surface area contributed by atoms with Crippen molar-refractivity contribution < 1.29 is 27.4 Å². The number of rotatable bonds is 5. The molecular weight excluding hydrogens is 370 g/mol. The fraction of sp³-hybridized carbons (Fsp3) is 0.368. The lowest BCUT2D eigenvalue weighted by atomic mass is 9.84. The second kappa shape index (κ2) is 6.61. The van der Waals surface area contributed by atoms with Crippen molar-refractivity contribution in [1.29, 1.82) is 0 Å². The lowest BCUT2D eigenvalue weighted by Gasteiger charge is -2.27. The summed E-state index contributed by atoms with van der Waals surface area (Å²) in [5.74, 6) is 2.38. The van der Waals surface area contributed by atoms with E-state index < -0.39 is 15.4 Å². The van der Waals surface area contributed by atoms with Crippen LogP contribution in [0.25, 0.3) is 0 Å². The molecule has 27 heavy (non-hydrogen) atoms. The van der Waals surface area contributed by atoms with E-state index >= 15 is 0 Å². The normalized spacial score (nSPS) is 15.6. The molecule has 0 atom stereocenters. The highest BCUT2D eigenvalue weighted by Gasteiger charge is 2.27. The van der Waals surface area contributed by atoms with Gasteiger partial charge < -0.3 is 18.9 Å². The first-order chi connectivity index (χ1) is 12.9. The SMILES string of the molecule is CC(C)(CNS(=O)(=O)c1ccc2c(c1)OCO2)c1ccc2c(c1)OCCO2. The zero-order valence-corrected chi connectivity index (χ0v) is 16.0. The van der Waals surface area contributed by atoms with Gasteiger partial charge in [0.05, 0.1) is 4.90 Å². The van der Waals surface area contributed by atoms with Gasteiger partial charge in [0.15, 0.2) is 23.0 Å². The second-order valence-corrected chi connectivity index (χ2v) is 8.85. The molecule has 0 amide bonds. The topological polar surface area (TPSA) is 83.1 Å². The number of fused-ring (bicyclic) bond motifs is 2. The average Bonchev–Trinajstić information content (AvgIpc) is 3.14. The number of nitrogens with one attached hydrogen (secondary N) is 1. The van der Waals surface area contributed by atoms with Crippen LogP contribution in [-0.4, -0.2) is 35.0 Å². The highest BCUT2D eigenvalue weighted by molar-refractivity contribution is 7.89. The Morgan fingerprint density at radius 3 is 2.33 bits per heavy atom. The molecule has 2 aliphatic heterocycles. The molecule has 0 unspecified atom stereocenters. The Labute approximate surface area is 158 Å². The first-order valence-corrected chi connectivity index (χ1v) is 10.1. The van der Waals surface area contributed by atoms with E-state index in [1.54, 1.807) is 6.07 Å². The maximum atomic E-state index is 12.7. The average molecular weight is 391 g/mol. The lowest BCUT2D eigenvalue weighted by molar-refractivity contribution is 0.171. The maximum Gasteiger partial charge on any atom is 0.240 e. The van der Waals surface area contributed by atoms with E-state index in [4.69, 9.17) is 18.9 Å². The van der Waals surface area contributed by atoms with Gasteiger partial charge in [0, 0.05) is 18.0 Å². The molecule has 1 N–H and O–H groups in total. The third kappa shape index (κ3) is 3.54. The highest BCUT2D eigenvalue weighted by atomic mass is 32.2. The summed E-state index contributed by atoms with van der Waals surface area (Å²) in [6.45, 7) is 5.31. The molecule has 0 aromatic heterocycles. The first kappa shape index (κ1) is 17.9. The van der Waals surface area contributed by atoms with Gasteiger partial charge in [-0.3, -0.25) is 0 Å². The summed E-state index contributed by atoms with van der Waals surface area (Å²) in [6, 6.07) is 10.3. The Morgan fingerprint density at radius 1 is 0.889 bits per heavy atom. The molecule has 2 aliphatic rings. The molecule has 2 heterocycles. The fourth-order valence-corrected chi connectivity index (χ4v) is 4.20. The molecular formula is C19H21NO6S. The van der Waals surface area contributed by atoms with Crippen LogP contribution in [0.2, 0.25) is 0 Å². The molecule has 0 aliphatic carbocycles. The van der Waals surface area contributed by atoms with Crippen molar-refractivity contribution in [3.8, 4) is 23.0 Å². The maximum absolute atomic E-state index is 12.7. The summed E-state index contributed by atoms with van der Waals surface area (Å²) in [5.41, 5.74) is 0.513. The van der Waals surface area contributed by atoms with Crippen LogP contribution in [0.5, 0.6) is 23.0 Å². The minimum Gasteiger partial charge on any atom is -0.486 e. The molecule has 0 bridgehead atoms. The molecule has 0 spiro atoms. The Hall–Kier alpha value is -2.45. The predicted octanol–water partition coefficient (Wildman–Crippen LogP) is 2.44. The highest BCUT2D eigenvalue weighted by Crippen LogP contribution is 2.36. The Kier molecular flexibility index (Phi) is 4.39. The molecule has 2 aromatic carbocycles. The second-order valence-electron chi connectivity index (χ2n) is 7.08. The third-order valence-electron chi connectivity index (χ3n) is 4.68. The largest absolute Gasteiger partial charge is 0.486 e. The van der Waals surface area contributed by atoms with Gasteiger partial charge >= 0.3 is 0 Å². The smallest absolute Gasteiger partial charge is 0.240 e. The van der Waals surface area contributed by atoms with Gasteiger partial charge in [-0.25, -0.2) is 13.1 Å². The van der Waals surface area contributed by atoms with Crippen LogP contribution in [0.4, 0.5) is 0 Å². The van der Waals surface area contributed by atoms with Crippen molar-refractivity contribution in [2.24, 2.45) is 0 Å². The minimum atomic E-state index is -3.68. The predicted molar refractivity (Wildman–Crippen MR) is 98.2 cm³/mol. The first-order valence-electron chi connectivity index (χ1n) is 8.65. The quantitative estimate of drug-likeness (QED) is 0.843. The molecule has 0 saturated carbocycles. The lowest BCUT2D eigenvalue weighted by Crippen LogP contribution is -2.36. The molecule has 2 aromatic rings. The Balaban J connectivity index is 1.51. The van der Waals surface area contributed by atoms with Gasteiger partial charge in [-0.2, -0.15) is 0 Å². The Bertz CT molecular complexity index is 970. The number of ether oxygens (including phenoxy) is 4. The molecule has 0 radical (unpaired) electrons. The summed E-state index contributed by atoms with van der Waals surface area (Å²) >= 11 is 0. The van der Waals surface area contributed by atoms with Crippen LogP contribution < -0.4 is 23.7 Å². The van der Waals surface area contributed by atoms with E-state index in [9.17, 15) is 8.42 Å². The Morgan fingerprint density at radius 2 is 1.52 bits per heavy atom. The van der Waals surface area contributed by atoms with E-state index in [2.05, 4.69) is 4.72 Å². The monoisotopic (exact) mass is 391 g/mol. The van der Waals surface area contributed by atoms with Crippen LogP contribution in [0.15, 0.2) is 41.3 Å². The van der Waals surface area contributed by atoms with Crippen molar-refractivity contribution in [2.45, 2.75) is 24.2 Å². The summed E-state index contributed by atoms with van der Waals surface area (Å²) in [4.78, 5) is 0.143. The standard InChI is InChI=1S/C19H21NO6S/c1-19(2,13-3-5-15-17(9-13)24-8-7-23-15)11-20-27(21,22)14-4-6-16-18(10-14)26-12-25-16/h3-6,9-10,20H,7-8,11-12H2,1-2H3. The number of hydrogen-bond donors (Lipinski definition) is 1. The van der Waals surface area contributed by atoms with Gasteiger partial charge in [-0.05, 0) is 29.8 Å². The van der Waals surface area contributed by atoms with E-state index in [0.29, 0.717) is 36.2 Å². The van der Waals surface area contributed by atoms with E-state index in [1.807, 2.05) is 32.0 Å². The number of sulfonamides is 1. The molecule has 144 valence electrons. The zero-order valence-electron chi connectivity index (χ0n) is 15.2. The van der Waals surface area contributed by atoms with Gasteiger partial charge in [-0.1, -0.05) is 19.9 Å². The van der Waals surface area contributed by atoms with Crippen molar-refractivity contribution in [1.82, 2.24) is 4.72 Å². The third-order valence-corrected chi connectivity index (χ3v) is 6.08. The zero-order chi connectivity index (χ0) is 19.1. The molecule has 0 saturated heterocycles. The van der Waals surface area contributed by atoms with Crippen molar-refractivity contribution in [3.63, 3.8) is 0 Å². The molecule has 8 heteroatoms. The van der Waals surface area contributed by atoms with Gasteiger partial charge in [0.25, 0.3) is 0 Å². The van der Waals surface area contributed by atoms with Crippen molar-refractivity contribution in [3.05, 3.63) is 42.0 Å². The summed E-state index contributed by atoms with van der Waals surface area (Å²) in [5, 5.41) is 0. The fourth-order valence-electron chi connectivity index (χ4n) is 2.97. The van der Waals surface area contributed by atoms with E-state index in [0.717, 1.165) is 5.56 Å². The molecule has 4 rings (SSSR count). The molecule has 0 fully saturated rings. The summed E-state index contributed by atoms with van der Waals surface area (Å²) < 4.78 is 49.7. The van der Waals surface area contributed by atoms with E-state index in [1.165, 1.54) is 12.1 Å². The summed E-state index contributed by atoms with van der Waals surface area (Å²) in [6.07, 6.45) is 0. The number of hydrogen-bond acceptors (Lipinski definition) is 6. The van der Waals surface area contributed by atoms with Crippen LogP contribution in [0.1, 0.15) is 19.4 Å². The van der Waals surface area contributed by atoms with Gasteiger partial charge in [-0.15, -0.1) is 0 Å². The van der Waals surface area contributed by atoms with Gasteiger partial charge in [0.2, 0.25) is 16.8 Å². The van der Waals surface area contributed by atoms with Crippen LogP contribution in [0, 0.1) is 0 Å². The van der Waals surface area contributed by atoms with Crippen molar-refractivity contribution >= 4 is 10.0 Å². The van der Waals surface area contributed by atoms with Crippen LogP contribution >= 0.6 is 0 Å². The molecule has 7 nitrogen and oxygen atoms in total. The van der Waals surface area contributed by atoms with Crippen molar-refractivity contribution in [2.75, 3.05) is 26.6 Å². The number of benzene rings is 2. The van der Waals surface area contributed by atoms with Crippen LogP contribution in [0.3, 0.4) is 0 Å². The van der Waals surface area contributed by atoms with Crippen LogP contribution in [-0.2, 0) is 15.4 Å². The minimum absolute atomic E-state index is 0.101. The van der Waals surface area contributed by atoms with Gasteiger partial charge in [0.1, 0.15) is 13.2 Å².